The van der Waals surface area contributed by atoms with Gasteiger partial charge in [-0.05, 0) is 57.2 Å². The van der Waals surface area contributed by atoms with E-state index >= 15 is 0 Å². The van der Waals surface area contributed by atoms with Gasteiger partial charge in [-0.2, -0.15) is 0 Å². The summed E-state index contributed by atoms with van der Waals surface area (Å²) in [5.74, 6) is 1.53. The molecule has 19 heavy (non-hydrogen) atoms. The van der Waals surface area contributed by atoms with E-state index in [2.05, 4.69) is 12.1 Å². The first-order valence-corrected chi connectivity index (χ1v) is 7.25. The number of rotatable bonds is 7. The van der Waals surface area contributed by atoms with Gasteiger partial charge in [0.2, 0.25) is 0 Å². The second-order valence-corrected chi connectivity index (χ2v) is 5.52. The Labute approximate surface area is 116 Å². The highest BCUT2D eigenvalue weighted by Crippen LogP contribution is 2.39. The van der Waals surface area contributed by atoms with Gasteiger partial charge >= 0.3 is 0 Å². The van der Waals surface area contributed by atoms with Crippen LogP contribution < -0.4 is 10.5 Å². The second-order valence-electron chi connectivity index (χ2n) is 5.52. The van der Waals surface area contributed by atoms with Crippen LogP contribution in [0.1, 0.15) is 45.2 Å². The SMILES string of the molecule is CCOC(C1CC1)C(N)c1ccc(OC(C)C)cc1. The molecule has 1 saturated carbocycles. The van der Waals surface area contributed by atoms with Gasteiger partial charge in [-0.3, -0.25) is 0 Å². The fourth-order valence-corrected chi connectivity index (χ4v) is 2.38. The minimum atomic E-state index is -0.0412. The minimum absolute atomic E-state index is 0.0412. The Morgan fingerprint density at radius 3 is 2.32 bits per heavy atom. The van der Waals surface area contributed by atoms with Crippen LogP contribution >= 0.6 is 0 Å². The maximum atomic E-state index is 6.35. The molecule has 3 nitrogen and oxygen atoms in total. The number of hydrogen-bond donors (Lipinski definition) is 1. The first kappa shape index (κ1) is 14.4. The highest BCUT2D eigenvalue weighted by Gasteiger charge is 2.36. The lowest BCUT2D eigenvalue weighted by atomic mass is 9.99. The monoisotopic (exact) mass is 263 g/mol. The third-order valence-electron chi connectivity index (χ3n) is 3.44. The molecule has 0 spiro atoms. The van der Waals surface area contributed by atoms with E-state index in [1.807, 2.05) is 32.9 Å². The summed E-state index contributed by atoms with van der Waals surface area (Å²) >= 11 is 0. The summed E-state index contributed by atoms with van der Waals surface area (Å²) < 4.78 is 11.5. The average molecular weight is 263 g/mol. The molecule has 0 saturated heterocycles. The molecule has 3 heteroatoms. The smallest absolute Gasteiger partial charge is 0.119 e. The van der Waals surface area contributed by atoms with Gasteiger partial charge in [0.25, 0.3) is 0 Å². The molecule has 106 valence electrons. The molecule has 1 aromatic carbocycles. The van der Waals surface area contributed by atoms with Crippen molar-refractivity contribution in [1.29, 1.82) is 0 Å². The molecule has 2 unspecified atom stereocenters. The summed E-state index contributed by atoms with van der Waals surface area (Å²) in [6, 6.07) is 8.05. The van der Waals surface area contributed by atoms with Crippen LogP contribution in [0, 0.1) is 5.92 Å². The van der Waals surface area contributed by atoms with E-state index in [0.29, 0.717) is 5.92 Å². The normalized spacial score (nSPS) is 18.4. The van der Waals surface area contributed by atoms with Crippen LogP contribution in [0.4, 0.5) is 0 Å². The largest absolute Gasteiger partial charge is 0.491 e. The summed E-state index contributed by atoms with van der Waals surface area (Å²) in [4.78, 5) is 0. The Kier molecular flexibility index (Phi) is 4.83. The fraction of sp³-hybridized carbons (Fsp3) is 0.625. The highest BCUT2D eigenvalue weighted by atomic mass is 16.5. The van der Waals surface area contributed by atoms with E-state index in [4.69, 9.17) is 15.2 Å². The molecule has 1 aromatic rings. The third-order valence-corrected chi connectivity index (χ3v) is 3.44. The quantitative estimate of drug-likeness (QED) is 0.821. The standard InChI is InChI=1S/C16H25NO2/c1-4-18-16(13-5-6-13)15(17)12-7-9-14(10-8-12)19-11(2)3/h7-11,13,15-16H,4-6,17H2,1-3H3. The summed E-state index contributed by atoms with van der Waals surface area (Å²) in [6.07, 6.45) is 2.84. The molecular weight excluding hydrogens is 238 g/mol. The third kappa shape index (κ3) is 3.95. The van der Waals surface area contributed by atoms with Crippen LogP contribution in [0.15, 0.2) is 24.3 Å². The zero-order valence-corrected chi connectivity index (χ0v) is 12.1. The lowest BCUT2D eigenvalue weighted by molar-refractivity contribution is 0.0283. The lowest BCUT2D eigenvalue weighted by Gasteiger charge is -2.24. The van der Waals surface area contributed by atoms with Gasteiger partial charge in [-0.1, -0.05) is 12.1 Å². The van der Waals surface area contributed by atoms with Gasteiger partial charge in [0, 0.05) is 6.61 Å². The molecule has 0 bridgehead atoms. The zero-order valence-electron chi connectivity index (χ0n) is 12.1. The van der Waals surface area contributed by atoms with Gasteiger partial charge in [-0.15, -0.1) is 0 Å². The van der Waals surface area contributed by atoms with E-state index in [-0.39, 0.29) is 18.2 Å². The molecular formula is C16H25NO2. The maximum Gasteiger partial charge on any atom is 0.119 e. The van der Waals surface area contributed by atoms with Gasteiger partial charge in [-0.25, -0.2) is 0 Å². The van der Waals surface area contributed by atoms with E-state index in [0.717, 1.165) is 17.9 Å². The van der Waals surface area contributed by atoms with Crippen LogP contribution in [0.5, 0.6) is 5.75 Å². The lowest BCUT2D eigenvalue weighted by Crippen LogP contribution is -2.30. The summed E-state index contributed by atoms with van der Waals surface area (Å²) in [7, 11) is 0. The molecule has 2 N–H and O–H groups in total. The zero-order chi connectivity index (χ0) is 13.8. The van der Waals surface area contributed by atoms with Crippen molar-refractivity contribution in [2.45, 2.75) is 51.9 Å². The second kappa shape index (κ2) is 6.40. The van der Waals surface area contributed by atoms with Crippen molar-refractivity contribution >= 4 is 0 Å². The maximum absolute atomic E-state index is 6.35. The molecule has 0 aromatic heterocycles. The van der Waals surface area contributed by atoms with E-state index in [9.17, 15) is 0 Å². The summed E-state index contributed by atoms with van der Waals surface area (Å²) in [6.45, 7) is 6.81. The number of hydrogen-bond acceptors (Lipinski definition) is 3. The van der Waals surface area contributed by atoms with Crippen molar-refractivity contribution in [2.75, 3.05) is 6.61 Å². The Hall–Kier alpha value is -1.06. The fourth-order valence-electron chi connectivity index (χ4n) is 2.38. The van der Waals surface area contributed by atoms with Crippen molar-refractivity contribution in [3.05, 3.63) is 29.8 Å². The molecule has 2 atom stereocenters. The number of nitrogens with two attached hydrogens (primary N) is 1. The van der Waals surface area contributed by atoms with Gasteiger partial charge in [0.1, 0.15) is 5.75 Å². The summed E-state index contributed by atoms with van der Waals surface area (Å²) in [5.41, 5.74) is 7.48. The Morgan fingerprint density at radius 2 is 1.84 bits per heavy atom. The van der Waals surface area contributed by atoms with E-state index < -0.39 is 0 Å². The first-order chi connectivity index (χ1) is 9.11. The van der Waals surface area contributed by atoms with Crippen LogP contribution in [0.3, 0.4) is 0 Å². The number of ether oxygens (including phenoxy) is 2. The van der Waals surface area contributed by atoms with Crippen LogP contribution in [-0.2, 0) is 4.74 Å². The molecule has 2 rings (SSSR count). The molecule has 0 amide bonds. The predicted octanol–water partition coefficient (Wildman–Crippen LogP) is 3.29. The van der Waals surface area contributed by atoms with Crippen molar-refractivity contribution < 1.29 is 9.47 Å². The molecule has 0 aliphatic heterocycles. The van der Waals surface area contributed by atoms with Gasteiger partial charge < -0.3 is 15.2 Å². The van der Waals surface area contributed by atoms with E-state index in [1.165, 1.54) is 12.8 Å². The van der Waals surface area contributed by atoms with Crippen LogP contribution in [0.2, 0.25) is 0 Å². The highest BCUT2D eigenvalue weighted by molar-refractivity contribution is 5.30. The van der Waals surface area contributed by atoms with Crippen LogP contribution in [-0.4, -0.2) is 18.8 Å². The predicted molar refractivity (Wildman–Crippen MR) is 77.3 cm³/mol. The topological polar surface area (TPSA) is 44.5 Å². The molecule has 1 fully saturated rings. The minimum Gasteiger partial charge on any atom is -0.491 e. The van der Waals surface area contributed by atoms with Crippen molar-refractivity contribution in [3.8, 4) is 5.75 Å². The van der Waals surface area contributed by atoms with Crippen LogP contribution in [0.25, 0.3) is 0 Å². The van der Waals surface area contributed by atoms with Crippen molar-refractivity contribution in [1.82, 2.24) is 0 Å². The van der Waals surface area contributed by atoms with E-state index in [1.54, 1.807) is 0 Å². The van der Waals surface area contributed by atoms with Gasteiger partial charge in [0.15, 0.2) is 0 Å². The average Bonchev–Trinajstić information content (AvgIpc) is 3.19. The summed E-state index contributed by atoms with van der Waals surface area (Å²) in [5, 5.41) is 0. The Bertz CT molecular complexity index is 384. The molecule has 1 aliphatic carbocycles. The molecule has 0 heterocycles. The molecule has 0 radical (unpaired) electrons. The van der Waals surface area contributed by atoms with Crippen molar-refractivity contribution in [3.63, 3.8) is 0 Å². The Morgan fingerprint density at radius 1 is 1.21 bits per heavy atom. The Balaban J connectivity index is 2.03. The van der Waals surface area contributed by atoms with Gasteiger partial charge in [0.05, 0.1) is 18.2 Å². The number of benzene rings is 1. The first-order valence-electron chi connectivity index (χ1n) is 7.25. The molecule has 1 aliphatic rings. The van der Waals surface area contributed by atoms with Crippen molar-refractivity contribution in [2.24, 2.45) is 11.7 Å².